The van der Waals surface area contributed by atoms with Crippen molar-refractivity contribution in [2.24, 2.45) is 5.41 Å². The molecule has 0 spiro atoms. The summed E-state index contributed by atoms with van der Waals surface area (Å²) in [5.41, 5.74) is 3.30. The second-order valence-corrected chi connectivity index (χ2v) is 7.67. The van der Waals surface area contributed by atoms with E-state index in [2.05, 4.69) is 4.98 Å². The van der Waals surface area contributed by atoms with Crippen LogP contribution in [0.3, 0.4) is 0 Å². The molecule has 0 amide bonds. The molecule has 2 aromatic rings. The lowest BCUT2D eigenvalue weighted by Crippen LogP contribution is -2.39. The fourth-order valence-electron chi connectivity index (χ4n) is 3.47. The van der Waals surface area contributed by atoms with Crippen LogP contribution in [0.2, 0.25) is 5.15 Å². The lowest BCUT2D eigenvalue weighted by atomic mass is 9.67. The molecule has 1 saturated carbocycles. The summed E-state index contributed by atoms with van der Waals surface area (Å²) in [5, 5.41) is 0.438. The van der Waals surface area contributed by atoms with Crippen molar-refractivity contribution in [1.29, 1.82) is 0 Å². The number of hydrogen-bond donors (Lipinski definition) is 0. The predicted octanol–water partition coefficient (Wildman–Crippen LogP) is 5.01. The number of aromatic nitrogens is 1. The average molecular weight is 356 g/mol. The van der Waals surface area contributed by atoms with Crippen molar-refractivity contribution in [2.45, 2.75) is 46.0 Å². The molecule has 0 bridgehead atoms. The first kappa shape index (κ1) is 17.8. The van der Waals surface area contributed by atoms with Crippen LogP contribution in [0.25, 0.3) is 11.1 Å². The summed E-state index contributed by atoms with van der Waals surface area (Å²) in [5.74, 6) is -0.589. The molecule has 1 aromatic carbocycles. The number of halogens is 1. The van der Waals surface area contributed by atoms with E-state index < -0.39 is 11.3 Å². The van der Waals surface area contributed by atoms with Crippen LogP contribution in [0.5, 0.6) is 0 Å². The number of ketones is 2. The van der Waals surface area contributed by atoms with Gasteiger partial charge in [0.05, 0.1) is 0 Å². The number of pyridine rings is 1. The highest BCUT2D eigenvalue weighted by atomic mass is 35.5. The molecule has 1 aliphatic rings. The van der Waals surface area contributed by atoms with Crippen LogP contribution in [0.4, 0.5) is 0 Å². The van der Waals surface area contributed by atoms with E-state index in [0.717, 1.165) is 28.7 Å². The molecule has 0 aliphatic heterocycles. The first-order valence-electron chi connectivity index (χ1n) is 8.65. The van der Waals surface area contributed by atoms with Crippen LogP contribution in [0.15, 0.2) is 36.5 Å². The molecule has 1 aliphatic carbocycles. The number of carbonyl (C=O) groups excluding carboxylic acids is 2. The summed E-state index contributed by atoms with van der Waals surface area (Å²) in [6.45, 7) is 5.92. The topological polar surface area (TPSA) is 47.0 Å². The van der Waals surface area contributed by atoms with Crippen LogP contribution in [-0.2, 0) is 16.0 Å². The Morgan fingerprint density at radius 3 is 2.52 bits per heavy atom. The minimum Gasteiger partial charge on any atom is -0.299 e. The number of rotatable bonds is 3. The zero-order chi connectivity index (χ0) is 18.2. The number of aryl methyl sites for hydroxylation is 1. The van der Waals surface area contributed by atoms with Gasteiger partial charge in [0.2, 0.25) is 0 Å². The van der Waals surface area contributed by atoms with Crippen molar-refractivity contribution >= 4 is 23.2 Å². The molecule has 3 rings (SSSR count). The molecule has 1 atom stereocenters. The Kier molecular flexibility index (Phi) is 4.79. The zero-order valence-corrected chi connectivity index (χ0v) is 15.6. The summed E-state index contributed by atoms with van der Waals surface area (Å²) < 4.78 is 0. The highest BCUT2D eigenvalue weighted by Crippen LogP contribution is 2.40. The van der Waals surface area contributed by atoms with Crippen molar-refractivity contribution < 1.29 is 9.59 Å². The molecule has 1 heterocycles. The number of Topliss-reactive ketones (excluding diaryl/α,β-unsaturated/α-hetero) is 2. The lowest BCUT2D eigenvalue weighted by Gasteiger charge is -2.33. The van der Waals surface area contributed by atoms with Gasteiger partial charge in [-0.05, 0) is 47.7 Å². The van der Waals surface area contributed by atoms with Crippen molar-refractivity contribution in [2.75, 3.05) is 0 Å². The second kappa shape index (κ2) is 6.72. The summed E-state index contributed by atoms with van der Waals surface area (Å²) in [4.78, 5) is 29.7. The van der Waals surface area contributed by atoms with E-state index in [1.165, 1.54) is 0 Å². The van der Waals surface area contributed by atoms with Crippen molar-refractivity contribution in [3.05, 3.63) is 52.8 Å². The third-order valence-electron chi connectivity index (χ3n) is 5.15. The Labute approximate surface area is 153 Å². The van der Waals surface area contributed by atoms with E-state index in [9.17, 15) is 9.59 Å². The highest BCUT2D eigenvalue weighted by molar-refractivity contribution is 6.29. The van der Waals surface area contributed by atoms with Crippen LogP contribution in [0, 0.1) is 5.41 Å². The molecule has 3 nitrogen and oxygen atoms in total. The number of nitrogens with zero attached hydrogens (tertiary/aromatic N) is 1. The van der Waals surface area contributed by atoms with Gasteiger partial charge in [-0.1, -0.05) is 44.5 Å². The minimum absolute atomic E-state index is 0.0323. The van der Waals surface area contributed by atoms with Gasteiger partial charge in [-0.3, -0.25) is 9.59 Å². The Balaban J connectivity index is 2.10. The van der Waals surface area contributed by atoms with E-state index in [4.69, 9.17) is 11.6 Å². The predicted molar refractivity (Wildman–Crippen MR) is 99.8 cm³/mol. The summed E-state index contributed by atoms with van der Waals surface area (Å²) in [6, 6.07) is 9.64. The van der Waals surface area contributed by atoms with Gasteiger partial charge in [-0.2, -0.15) is 0 Å². The molecule has 130 valence electrons. The molecule has 1 fully saturated rings. The van der Waals surface area contributed by atoms with Gasteiger partial charge in [0.15, 0.2) is 5.78 Å². The van der Waals surface area contributed by atoms with Crippen LogP contribution < -0.4 is 0 Å². The molecule has 25 heavy (non-hydrogen) atoms. The molecular formula is C21H22ClNO2. The monoisotopic (exact) mass is 355 g/mol. The Morgan fingerprint density at radius 2 is 1.88 bits per heavy atom. The van der Waals surface area contributed by atoms with E-state index in [1.54, 1.807) is 12.3 Å². The summed E-state index contributed by atoms with van der Waals surface area (Å²) in [7, 11) is 0. The molecule has 0 saturated heterocycles. The van der Waals surface area contributed by atoms with Gasteiger partial charge in [-0.15, -0.1) is 0 Å². The number of hydrogen-bond acceptors (Lipinski definition) is 3. The van der Waals surface area contributed by atoms with E-state index in [1.807, 2.05) is 45.0 Å². The Morgan fingerprint density at radius 1 is 1.16 bits per heavy atom. The highest BCUT2D eigenvalue weighted by Gasteiger charge is 2.43. The largest absolute Gasteiger partial charge is 0.299 e. The fourth-order valence-corrected chi connectivity index (χ4v) is 3.58. The summed E-state index contributed by atoms with van der Waals surface area (Å²) >= 11 is 5.87. The van der Waals surface area contributed by atoms with Gasteiger partial charge in [-0.25, -0.2) is 4.98 Å². The maximum absolute atomic E-state index is 13.0. The quantitative estimate of drug-likeness (QED) is 0.574. The van der Waals surface area contributed by atoms with Gasteiger partial charge < -0.3 is 0 Å². The van der Waals surface area contributed by atoms with Gasteiger partial charge in [0.1, 0.15) is 16.9 Å². The average Bonchev–Trinajstić information content (AvgIpc) is 2.60. The molecule has 0 radical (unpaired) electrons. The standard InChI is InChI=1S/C21H22ClNO2/c1-4-13-5-6-14(15-7-8-18(22)23-12-15)11-16(13)19-17(24)9-10-21(2,3)20(19)25/h5-8,11-12,19H,4,9-10H2,1-3H3. The third-order valence-corrected chi connectivity index (χ3v) is 5.37. The third kappa shape index (κ3) is 3.38. The summed E-state index contributed by atoms with van der Waals surface area (Å²) in [6.07, 6.45) is 3.58. The van der Waals surface area contributed by atoms with E-state index in [0.29, 0.717) is 18.0 Å². The first-order chi connectivity index (χ1) is 11.8. The second-order valence-electron chi connectivity index (χ2n) is 7.28. The lowest BCUT2D eigenvalue weighted by molar-refractivity contribution is -0.139. The first-order valence-corrected chi connectivity index (χ1v) is 9.03. The van der Waals surface area contributed by atoms with Crippen LogP contribution >= 0.6 is 11.6 Å². The number of benzene rings is 1. The normalized spacial score (nSPS) is 19.9. The maximum Gasteiger partial charge on any atom is 0.153 e. The van der Waals surface area contributed by atoms with Crippen LogP contribution in [0.1, 0.15) is 50.7 Å². The SMILES string of the molecule is CCc1ccc(-c2ccc(Cl)nc2)cc1C1C(=O)CCC(C)(C)C1=O. The molecule has 1 unspecified atom stereocenters. The van der Waals surface area contributed by atoms with Crippen molar-refractivity contribution in [3.63, 3.8) is 0 Å². The Hall–Kier alpha value is -2.00. The maximum atomic E-state index is 13.0. The zero-order valence-electron chi connectivity index (χ0n) is 14.8. The Bertz CT molecular complexity index is 824. The number of carbonyl (C=O) groups is 2. The van der Waals surface area contributed by atoms with Gasteiger partial charge in [0.25, 0.3) is 0 Å². The van der Waals surface area contributed by atoms with Gasteiger partial charge >= 0.3 is 0 Å². The van der Waals surface area contributed by atoms with Gasteiger partial charge in [0, 0.05) is 23.6 Å². The fraction of sp³-hybridized carbons (Fsp3) is 0.381. The van der Waals surface area contributed by atoms with E-state index >= 15 is 0 Å². The van der Waals surface area contributed by atoms with Crippen LogP contribution in [-0.4, -0.2) is 16.6 Å². The molecule has 4 heteroatoms. The van der Waals surface area contributed by atoms with Crippen molar-refractivity contribution in [3.8, 4) is 11.1 Å². The van der Waals surface area contributed by atoms with Crippen molar-refractivity contribution in [1.82, 2.24) is 4.98 Å². The minimum atomic E-state index is -0.654. The molecule has 0 N–H and O–H groups in total. The molecular weight excluding hydrogens is 334 g/mol. The smallest absolute Gasteiger partial charge is 0.153 e. The van der Waals surface area contributed by atoms with E-state index in [-0.39, 0.29) is 11.6 Å². The molecule has 1 aromatic heterocycles.